The minimum absolute atomic E-state index is 0.0481. The summed E-state index contributed by atoms with van der Waals surface area (Å²) in [6, 6.07) is 3.53. The van der Waals surface area contributed by atoms with E-state index in [1.165, 1.54) is 0 Å². The first kappa shape index (κ1) is 9.57. The third-order valence-corrected chi connectivity index (χ3v) is 1.47. The maximum absolute atomic E-state index is 12.0. The van der Waals surface area contributed by atoms with Crippen molar-refractivity contribution >= 4 is 5.90 Å². The molecule has 0 amide bonds. The van der Waals surface area contributed by atoms with Crippen molar-refractivity contribution in [1.82, 2.24) is 0 Å². The second-order valence-corrected chi connectivity index (χ2v) is 2.40. The Balaban J connectivity index is 3.01. The lowest BCUT2D eigenvalue weighted by atomic mass is 10.1. The van der Waals surface area contributed by atoms with Crippen LogP contribution in [0.4, 0.5) is 13.2 Å². The topological polar surface area (TPSA) is 46.9 Å². The fourth-order valence-electron chi connectivity index (χ4n) is 0.811. The Morgan fingerprint density at radius 1 is 1.15 bits per heavy atom. The highest BCUT2D eigenvalue weighted by Gasteiger charge is 2.29. The van der Waals surface area contributed by atoms with Crippen LogP contribution in [0.1, 0.15) is 11.1 Å². The van der Waals surface area contributed by atoms with Crippen LogP contribution in [0.25, 0.3) is 0 Å². The number of hydrogen-bond donors (Lipinski definition) is 1. The van der Waals surface area contributed by atoms with Gasteiger partial charge in [0.15, 0.2) is 0 Å². The highest BCUT2D eigenvalue weighted by Crippen LogP contribution is 2.28. The average molecular weight is 188 g/mol. The lowest BCUT2D eigenvalue weighted by Gasteiger charge is -2.09. The van der Waals surface area contributed by atoms with E-state index in [-0.39, 0.29) is 5.56 Å². The van der Waals surface area contributed by atoms with E-state index in [1.54, 1.807) is 0 Å². The number of nitrogens with one attached hydrogen (secondary N) is 1. The van der Waals surface area contributed by atoms with Crippen LogP contribution in [0.15, 0.2) is 24.3 Å². The number of hydrogen-bond acceptors (Lipinski definition) is 2. The molecular formula is C8H5F3NO-. The molecule has 2 nitrogen and oxygen atoms in total. The molecule has 0 aromatic heterocycles. The molecule has 13 heavy (non-hydrogen) atoms. The standard InChI is InChI=1S/C8H6F3NO/c9-8(10,11)6-3-1-5(2-4-6)7(12)13/h1-4H,(H2,12,13)/p-1. The number of alkyl halides is 3. The molecule has 1 aromatic rings. The normalized spacial score (nSPS) is 11.3. The first-order valence-electron chi connectivity index (χ1n) is 3.34. The first-order valence-corrected chi connectivity index (χ1v) is 3.34. The fraction of sp³-hybridized carbons (Fsp3) is 0.125. The van der Waals surface area contributed by atoms with Crippen LogP contribution in [-0.2, 0) is 6.18 Å². The largest absolute Gasteiger partial charge is 0.859 e. The van der Waals surface area contributed by atoms with Gasteiger partial charge >= 0.3 is 6.18 Å². The molecule has 0 aliphatic heterocycles. The molecule has 1 N–H and O–H groups in total. The molecular weight excluding hydrogens is 183 g/mol. The number of halogens is 3. The van der Waals surface area contributed by atoms with E-state index < -0.39 is 17.6 Å². The summed E-state index contributed by atoms with van der Waals surface area (Å²) in [7, 11) is 0. The molecule has 0 spiro atoms. The van der Waals surface area contributed by atoms with E-state index in [0.717, 1.165) is 24.3 Å². The Hall–Kier alpha value is -1.52. The zero-order chi connectivity index (χ0) is 10.1. The molecule has 0 atom stereocenters. The summed E-state index contributed by atoms with van der Waals surface area (Å²) in [5.41, 5.74) is -0.870. The maximum Gasteiger partial charge on any atom is 0.416 e. The van der Waals surface area contributed by atoms with Crippen molar-refractivity contribution in [3.63, 3.8) is 0 Å². The van der Waals surface area contributed by atoms with Gasteiger partial charge in [-0.25, -0.2) is 0 Å². The van der Waals surface area contributed by atoms with Gasteiger partial charge in [-0.3, -0.25) is 0 Å². The first-order chi connectivity index (χ1) is 5.91. The molecule has 5 heteroatoms. The SMILES string of the molecule is N=C([O-])c1ccc(C(F)(F)F)cc1. The van der Waals surface area contributed by atoms with Gasteiger partial charge in [0.25, 0.3) is 0 Å². The Bertz CT molecular complexity index is 315. The Labute approximate surface area is 72.1 Å². The number of benzene rings is 1. The van der Waals surface area contributed by atoms with Crippen molar-refractivity contribution in [2.24, 2.45) is 0 Å². The zero-order valence-electron chi connectivity index (χ0n) is 6.35. The van der Waals surface area contributed by atoms with Crippen LogP contribution in [-0.4, -0.2) is 5.90 Å². The van der Waals surface area contributed by atoms with Gasteiger partial charge in [0, 0.05) is 0 Å². The van der Waals surface area contributed by atoms with E-state index in [0.29, 0.717) is 0 Å². The number of rotatable bonds is 1. The molecule has 0 bridgehead atoms. The van der Waals surface area contributed by atoms with Gasteiger partial charge in [-0.15, -0.1) is 0 Å². The van der Waals surface area contributed by atoms with Crippen molar-refractivity contribution in [2.75, 3.05) is 0 Å². The zero-order valence-corrected chi connectivity index (χ0v) is 6.35. The summed E-state index contributed by atoms with van der Waals surface area (Å²) in [4.78, 5) is 0. The molecule has 0 saturated carbocycles. The van der Waals surface area contributed by atoms with Gasteiger partial charge in [0.2, 0.25) is 0 Å². The Morgan fingerprint density at radius 3 is 1.92 bits per heavy atom. The van der Waals surface area contributed by atoms with Crippen LogP contribution in [0.5, 0.6) is 0 Å². The van der Waals surface area contributed by atoms with E-state index in [4.69, 9.17) is 5.41 Å². The second-order valence-electron chi connectivity index (χ2n) is 2.40. The summed E-state index contributed by atoms with van der Waals surface area (Å²) in [6.07, 6.45) is -4.40. The summed E-state index contributed by atoms with van der Waals surface area (Å²) < 4.78 is 36.0. The van der Waals surface area contributed by atoms with Crippen molar-refractivity contribution in [1.29, 1.82) is 5.41 Å². The van der Waals surface area contributed by atoms with Crippen molar-refractivity contribution in [3.8, 4) is 0 Å². The lowest BCUT2D eigenvalue weighted by molar-refractivity contribution is -0.214. The minimum Gasteiger partial charge on any atom is -0.859 e. The van der Waals surface area contributed by atoms with Crippen LogP contribution in [0.2, 0.25) is 0 Å². The summed E-state index contributed by atoms with van der Waals surface area (Å²) in [5.74, 6) is -0.992. The van der Waals surface area contributed by atoms with E-state index >= 15 is 0 Å². The summed E-state index contributed by atoms with van der Waals surface area (Å²) in [5, 5.41) is 17.0. The minimum atomic E-state index is -4.40. The molecule has 1 aromatic carbocycles. The molecule has 70 valence electrons. The van der Waals surface area contributed by atoms with Gasteiger partial charge in [-0.2, -0.15) is 13.2 Å². The molecule has 0 saturated heterocycles. The monoisotopic (exact) mass is 188 g/mol. The maximum atomic E-state index is 12.0. The Morgan fingerprint density at radius 2 is 1.62 bits per heavy atom. The van der Waals surface area contributed by atoms with Gasteiger partial charge in [-0.05, 0) is 23.6 Å². The molecule has 1 rings (SSSR count). The van der Waals surface area contributed by atoms with Gasteiger partial charge in [-0.1, -0.05) is 12.1 Å². The van der Waals surface area contributed by atoms with Gasteiger partial charge in [0.1, 0.15) is 0 Å². The molecule has 0 aliphatic rings. The lowest BCUT2D eigenvalue weighted by Crippen LogP contribution is -2.17. The summed E-state index contributed by atoms with van der Waals surface area (Å²) >= 11 is 0. The molecule has 0 aliphatic carbocycles. The highest BCUT2D eigenvalue weighted by atomic mass is 19.4. The van der Waals surface area contributed by atoms with Crippen molar-refractivity contribution in [3.05, 3.63) is 35.4 Å². The van der Waals surface area contributed by atoms with Gasteiger partial charge in [0.05, 0.1) is 5.56 Å². The molecule has 0 heterocycles. The predicted molar refractivity (Wildman–Crippen MR) is 38.3 cm³/mol. The van der Waals surface area contributed by atoms with Crippen LogP contribution >= 0.6 is 0 Å². The fourth-order valence-corrected chi connectivity index (χ4v) is 0.811. The van der Waals surface area contributed by atoms with Gasteiger partial charge < -0.3 is 10.5 Å². The van der Waals surface area contributed by atoms with E-state index in [1.807, 2.05) is 0 Å². The third kappa shape index (κ3) is 2.21. The predicted octanol–water partition coefficient (Wildman–Crippen LogP) is 1.39. The van der Waals surface area contributed by atoms with Crippen molar-refractivity contribution < 1.29 is 18.3 Å². The van der Waals surface area contributed by atoms with Crippen LogP contribution in [0.3, 0.4) is 0 Å². The smallest absolute Gasteiger partial charge is 0.416 e. The van der Waals surface area contributed by atoms with E-state index in [2.05, 4.69) is 0 Å². The van der Waals surface area contributed by atoms with Crippen molar-refractivity contribution in [2.45, 2.75) is 6.18 Å². The second kappa shape index (κ2) is 3.08. The van der Waals surface area contributed by atoms with Crippen LogP contribution < -0.4 is 5.11 Å². The average Bonchev–Trinajstić information content (AvgIpc) is 2.03. The molecule has 0 fully saturated rings. The highest BCUT2D eigenvalue weighted by molar-refractivity contribution is 5.87. The quantitative estimate of drug-likeness (QED) is 0.525. The third-order valence-electron chi connectivity index (χ3n) is 1.47. The molecule has 0 unspecified atom stereocenters. The van der Waals surface area contributed by atoms with E-state index in [9.17, 15) is 18.3 Å². The summed E-state index contributed by atoms with van der Waals surface area (Å²) in [6.45, 7) is 0. The molecule has 0 radical (unpaired) electrons. The Kier molecular flexibility index (Phi) is 2.27. The van der Waals surface area contributed by atoms with Crippen LogP contribution in [0, 0.1) is 5.41 Å².